The molecule has 0 saturated heterocycles. The molecular weight excluding hydrogens is 190 g/mol. The SMILES string of the molecule is CC(C)C1CNc2ncccc2NC1=O. The van der Waals surface area contributed by atoms with Crippen molar-refractivity contribution in [2.24, 2.45) is 11.8 Å². The van der Waals surface area contributed by atoms with E-state index in [1.165, 1.54) is 0 Å². The van der Waals surface area contributed by atoms with Crippen molar-refractivity contribution < 1.29 is 4.79 Å². The number of rotatable bonds is 1. The zero-order chi connectivity index (χ0) is 10.8. The molecule has 1 unspecified atom stereocenters. The van der Waals surface area contributed by atoms with Gasteiger partial charge < -0.3 is 10.6 Å². The van der Waals surface area contributed by atoms with E-state index in [1.54, 1.807) is 6.20 Å². The zero-order valence-corrected chi connectivity index (χ0v) is 8.95. The highest BCUT2D eigenvalue weighted by molar-refractivity contribution is 5.96. The Hall–Kier alpha value is -1.58. The van der Waals surface area contributed by atoms with Crippen molar-refractivity contribution in [2.75, 3.05) is 17.2 Å². The summed E-state index contributed by atoms with van der Waals surface area (Å²) in [5, 5.41) is 6.08. The van der Waals surface area contributed by atoms with Crippen molar-refractivity contribution in [1.82, 2.24) is 4.98 Å². The Morgan fingerprint density at radius 3 is 3.07 bits per heavy atom. The largest absolute Gasteiger partial charge is 0.368 e. The number of amides is 1. The van der Waals surface area contributed by atoms with E-state index in [0.29, 0.717) is 12.5 Å². The fourth-order valence-electron chi connectivity index (χ4n) is 1.71. The average molecular weight is 205 g/mol. The van der Waals surface area contributed by atoms with E-state index in [1.807, 2.05) is 12.1 Å². The highest BCUT2D eigenvalue weighted by atomic mass is 16.2. The molecule has 2 N–H and O–H groups in total. The van der Waals surface area contributed by atoms with Gasteiger partial charge in [0.05, 0.1) is 11.6 Å². The van der Waals surface area contributed by atoms with Gasteiger partial charge in [-0.3, -0.25) is 4.79 Å². The van der Waals surface area contributed by atoms with Gasteiger partial charge in [0, 0.05) is 12.7 Å². The summed E-state index contributed by atoms with van der Waals surface area (Å²) >= 11 is 0. The van der Waals surface area contributed by atoms with Gasteiger partial charge in [-0.2, -0.15) is 0 Å². The summed E-state index contributed by atoms with van der Waals surface area (Å²) in [6.45, 7) is 4.75. The van der Waals surface area contributed by atoms with Crippen LogP contribution in [0.1, 0.15) is 13.8 Å². The van der Waals surface area contributed by atoms with Crippen LogP contribution in [0.3, 0.4) is 0 Å². The summed E-state index contributed by atoms with van der Waals surface area (Å²) in [6, 6.07) is 3.67. The Balaban J connectivity index is 2.26. The van der Waals surface area contributed by atoms with E-state index in [-0.39, 0.29) is 11.8 Å². The molecule has 1 aromatic rings. The molecule has 4 nitrogen and oxygen atoms in total. The Bertz CT molecular complexity index is 376. The first kappa shape index (κ1) is 9.96. The summed E-state index contributed by atoms with van der Waals surface area (Å²) in [5.41, 5.74) is 0.769. The molecule has 1 aromatic heterocycles. The average Bonchev–Trinajstić information content (AvgIpc) is 2.35. The third kappa shape index (κ3) is 1.93. The van der Waals surface area contributed by atoms with Crippen LogP contribution in [-0.2, 0) is 4.79 Å². The van der Waals surface area contributed by atoms with Gasteiger partial charge in [-0.15, -0.1) is 0 Å². The van der Waals surface area contributed by atoms with Gasteiger partial charge >= 0.3 is 0 Å². The van der Waals surface area contributed by atoms with Crippen molar-refractivity contribution in [3.63, 3.8) is 0 Å². The van der Waals surface area contributed by atoms with Crippen molar-refractivity contribution in [1.29, 1.82) is 0 Å². The molecule has 1 atom stereocenters. The second-order valence-corrected chi connectivity index (χ2v) is 4.12. The predicted molar refractivity (Wildman–Crippen MR) is 59.7 cm³/mol. The van der Waals surface area contributed by atoms with Crippen molar-refractivity contribution in [3.8, 4) is 0 Å². The number of nitrogens with one attached hydrogen (secondary N) is 2. The van der Waals surface area contributed by atoms with Gasteiger partial charge in [0.2, 0.25) is 5.91 Å². The summed E-state index contributed by atoms with van der Waals surface area (Å²) in [4.78, 5) is 16.0. The van der Waals surface area contributed by atoms with Crippen LogP contribution < -0.4 is 10.6 Å². The Kier molecular flexibility index (Phi) is 2.58. The number of aromatic nitrogens is 1. The fraction of sp³-hybridized carbons (Fsp3) is 0.455. The van der Waals surface area contributed by atoms with Gasteiger partial charge in [0.15, 0.2) is 0 Å². The summed E-state index contributed by atoms with van der Waals surface area (Å²) in [5.74, 6) is 1.16. The van der Waals surface area contributed by atoms with Crippen molar-refractivity contribution >= 4 is 17.4 Å². The summed E-state index contributed by atoms with van der Waals surface area (Å²) in [6.07, 6.45) is 1.72. The Morgan fingerprint density at radius 2 is 2.33 bits per heavy atom. The third-order valence-corrected chi connectivity index (χ3v) is 2.70. The van der Waals surface area contributed by atoms with Crippen LogP contribution in [0.4, 0.5) is 11.5 Å². The maximum Gasteiger partial charge on any atom is 0.229 e. The van der Waals surface area contributed by atoms with Crippen LogP contribution in [0.25, 0.3) is 0 Å². The molecule has 1 aliphatic heterocycles. The molecule has 0 aliphatic carbocycles. The highest BCUT2D eigenvalue weighted by Crippen LogP contribution is 2.24. The van der Waals surface area contributed by atoms with Gasteiger partial charge in [0.1, 0.15) is 5.82 Å². The third-order valence-electron chi connectivity index (χ3n) is 2.70. The molecule has 0 fully saturated rings. The number of nitrogens with zero attached hydrogens (tertiary/aromatic N) is 1. The molecule has 1 aliphatic rings. The minimum Gasteiger partial charge on any atom is -0.368 e. The number of carbonyl (C=O) groups excluding carboxylic acids is 1. The fourth-order valence-corrected chi connectivity index (χ4v) is 1.71. The minimum absolute atomic E-state index is 0.000741. The van der Waals surface area contributed by atoms with E-state index < -0.39 is 0 Å². The maximum absolute atomic E-state index is 11.8. The van der Waals surface area contributed by atoms with E-state index in [9.17, 15) is 4.79 Å². The van der Waals surface area contributed by atoms with Crippen LogP contribution in [-0.4, -0.2) is 17.4 Å². The second-order valence-electron chi connectivity index (χ2n) is 4.12. The highest BCUT2D eigenvalue weighted by Gasteiger charge is 2.25. The molecule has 0 saturated carbocycles. The van der Waals surface area contributed by atoms with Crippen molar-refractivity contribution in [2.45, 2.75) is 13.8 Å². The Labute approximate surface area is 89.1 Å². The Morgan fingerprint density at radius 1 is 1.53 bits per heavy atom. The number of hydrogen-bond acceptors (Lipinski definition) is 3. The number of pyridine rings is 1. The first-order chi connectivity index (χ1) is 7.18. The molecule has 1 amide bonds. The molecule has 2 rings (SSSR count). The van der Waals surface area contributed by atoms with E-state index in [4.69, 9.17) is 0 Å². The second kappa shape index (κ2) is 3.88. The smallest absolute Gasteiger partial charge is 0.229 e. The van der Waals surface area contributed by atoms with Crippen LogP contribution in [0.2, 0.25) is 0 Å². The molecule has 80 valence electrons. The minimum atomic E-state index is -0.000741. The lowest BCUT2D eigenvalue weighted by atomic mass is 9.95. The van der Waals surface area contributed by atoms with Crippen molar-refractivity contribution in [3.05, 3.63) is 18.3 Å². The van der Waals surface area contributed by atoms with E-state index in [2.05, 4.69) is 29.5 Å². The molecule has 0 spiro atoms. The quantitative estimate of drug-likeness (QED) is 0.734. The van der Waals surface area contributed by atoms with E-state index in [0.717, 1.165) is 11.5 Å². The van der Waals surface area contributed by atoms with Crippen LogP contribution in [0.5, 0.6) is 0 Å². The molecule has 15 heavy (non-hydrogen) atoms. The predicted octanol–water partition coefficient (Wildman–Crippen LogP) is 1.72. The summed E-state index contributed by atoms with van der Waals surface area (Å²) in [7, 11) is 0. The van der Waals surface area contributed by atoms with Gasteiger partial charge in [0.25, 0.3) is 0 Å². The van der Waals surface area contributed by atoms with Crippen LogP contribution in [0.15, 0.2) is 18.3 Å². The van der Waals surface area contributed by atoms with Gasteiger partial charge in [-0.25, -0.2) is 4.98 Å². The molecule has 0 radical (unpaired) electrons. The first-order valence-corrected chi connectivity index (χ1v) is 5.18. The van der Waals surface area contributed by atoms with Crippen LogP contribution in [0, 0.1) is 11.8 Å². The van der Waals surface area contributed by atoms with Gasteiger partial charge in [-0.1, -0.05) is 13.8 Å². The summed E-state index contributed by atoms with van der Waals surface area (Å²) < 4.78 is 0. The molecular formula is C11H15N3O. The monoisotopic (exact) mass is 205 g/mol. The van der Waals surface area contributed by atoms with Crippen LogP contribution >= 0.6 is 0 Å². The number of anilines is 2. The number of fused-ring (bicyclic) bond motifs is 1. The van der Waals surface area contributed by atoms with Gasteiger partial charge in [-0.05, 0) is 18.1 Å². The zero-order valence-electron chi connectivity index (χ0n) is 8.95. The molecule has 2 heterocycles. The molecule has 0 aromatic carbocycles. The first-order valence-electron chi connectivity index (χ1n) is 5.18. The number of carbonyl (C=O) groups is 1. The lowest BCUT2D eigenvalue weighted by Gasteiger charge is -2.16. The standard InChI is InChI=1S/C11H15N3O/c1-7(2)8-6-13-10-9(14-11(8)15)4-3-5-12-10/h3-5,7-8H,6H2,1-2H3,(H,12,13)(H,14,15). The molecule has 0 bridgehead atoms. The lowest BCUT2D eigenvalue weighted by Crippen LogP contribution is -2.29. The maximum atomic E-state index is 11.8. The topological polar surface area (TPSA) is 54.0 Å². The lowest BCUT2D eigenvalue weighted by molar-refractivity contribution is -0.120. The normalized spacial score (nSPS) is 20.2. The van der Waals surface area contributed by atoms with E-state index >= 15 is 0 Å². The molecule has 4 heteroatoms. The number of hydrogen-bond donors (Lipinski definition) is 2.